The molecule has 7 heteroatoms. The van der Waals surface area contributed by atoms with E-state index in [-0.39, 0.29) is 12.4 Å². The lowest BCUT2D eigenvalue weighted by Crippen LogP contribution is -2.03. The summed E-state index contributed by atoms with van der Waals surface area (Å²) in [5.74, 6) is 0.852. The molecule has 0 N–H and O–H groups in total. The lowest BCUT2D eigenvalue weighted by atomic mass is 10.2. The number of hydrogen-bond acceptors (Lipinski definition) is 5. The molecule has 0 aliphatic rings. The van der Waals surface area contributed by atoms with E-state index in [2.05, 4.69) is 9.97 Å². The summed E-state index contributed by atoms with van der Waals surface area (Å²) < 4.78 is 10.2. The second-order valence-electron chi connectivity index (χ2n) is 3.68. The number of nitrogens with zero attached hydrogens (tertiary/aromatic N) is 2. The Balaban J connectivity index is 0.00000180. The number of esters is 1. The third-order valence-electron chi connectivity index (χ3n) is 2.30. The van der Waals surface area contributed by atoms with Crippen molar-refractivity contribution in [3.05, 3.63) is 23.1 Å². The van der Waals surface area contributed by atoms with Gasteiger partial charge in [-0.3, -0.25) is 4.79 Å². The van der Waals surface area contributed by atoms with Gasteiger partial charge in [-0.15, -0.1) is 12.4 Å². The minimum atomic E-state index is -0.434. The number of methoxy groups -OCH3 is 1. The van der Waals surface area contributed by atoms with Crippen LogP contribution in [0, 0.1) is 6.92 Å². The Kier molecular flexibility index (Phi) is 4.91. The van der Waals surface area contributed by atoms with Crippen LogP contribution in [0.1, 0.15) is 12.7 Å². The van der Waals surface area contributed by atoms with Crippen LogP contribution in [0.2, 0.25) is 5.15 Å². The molecule has 0 saturated heterocycles. The van der Waals surface area contributed by atoms with Crippen LogP contribution in [-0.4, -0.2) is 23.0 Å². The van der Waals surface area contributed by atoms with Gasteiger partial charge in [0, 0.05) is 18.4 Å². The number of halogens is 2. The molecule has 0 saturated carbocycles. The third-order valence-corrected chi connectivity index (χ3v) is 2.59. The van der Waals surface area contributed by atoms with Crippen molar-refractivity contribution in [1.82, 2.24) is 9.97 Å². The standard InChI is InChI=1S/C12H11ClN2O3.ClH/c1-6-14-9-5-10(17-3)11(18-7(2)16)4-8(9)12(13)15-6;/h4-5H,1-3H3;1H. The zero-order valence-corrected chi connectivity index (χ0v) is 12.1. The van der Waals surface area contributed by atoms with E-state index >= 15 is 0 Å². The molecular formula is C12H12Cl2N2O3. The first-order chi connectivity index (χ1) is 8.51. The quantitative estimate of drug-likeness (QED) is 0.485. The van der Waals surface area contributed by atoms with E-state index in [4.69, 9.17) is 21.1 Å². The van der Waals surface area contributed by atoms with E-state index in [1.165, 1.54) is 14.0 Å². The highest BCUT2D eigenvalue weighted by molar-refractivity contribution is 6.34. The fraction of sp³-hybridized carbons (Fsp3) is 0.250. The molecule has 2 aromatic rings. The number of carbonyl (C=O) groups is 1. The molecule has 0 unspecified atom stereocenters. The summed E-state index contributed by atoms with van der Waals surface area (Å²) in [5, 5.41) is 0.924. The number of fused-ring (bicyclic) bond motifs is 1. The number of aryl methyl sites for hydroxylation is 1. The average molecular weight is 303 g/mol. The van der Waals surface area contributed by atoms with Crippen molar-refractivity contribution in [2.24, 2.45) is 0 Å². The lowest BCUT2D eigenvalue weighted by molar-refractivity contribution is -0.131. The fourth-order valence-electron chi connectivity index (χ4n) is 1.60. The first kappa shape index (κ1) is 15.5. The highest BCUT2D eigenvalue weighted by Gasteiger charge is 2.12. The monoisotopic (exact) mass is 302 g/mol. The molecule has 0 aliphatic carbocycles. The molecule has 0 atom stereocenters. The van der Waals surface area contributed by atoms with Gasteiger partial charge >= 0.3 is 5.97 Å². The smallest absolute Gasteiger partial charge is 0.308 e. The molecule has 5 nitrogen and oxygen atoms in total. The Morgan fingerprint density at radius 1 is 1.26 bits per heavy atom. The maximum Gasteiger partial charge on any atom is 0.308 e. The summed E-state index contributed by atoms with van der Waals surface area (Å²) in [5.41, 5.74) is 0.639. The van der Waals surface area contributed by atoms with Gasteiger partial charge in [0.15, 0.2) is 11.5 Å². The number of aromatic nitrogens is 2. The number of hydrogen-bond donors (Lipinski definition) is 0. The van der Waals surface area contributed by atoms with Crippen molar-refractivity contribution in [1.29, 1.82) is 0 Å². The second-order valence-corrected chi connectivity index (χ2v) is 4.03. The van der Waals surface area contributed by atoms with Gasteiger partial charge in [0.2, 0.25) is 0 Å². The number of benzene rings is 1. The number of ether oxygens (including phenoxy) is 2. The first-order valence-electron chi connectivity index (χ1n) is 5.21. The second kappa shape index (κ2) is 6.04. The summed E-state index contributed by atoms with van der Waals surface area (Å²) in [7, 11) is 1.49. The van der Waals surface area contributed by atoms with Crippen molar-refractivity contribution in [3.8, 4) is 11.5 Å². The topological polar surface area (TPSA) is 61.3 Å². The maximum absolute atomic E-state index is 11.0. The zero-order valence-electron chi connectivity index (χ0n) is 10.6. The maximum atomic E-state index is 11.0. The molecule has 0 bridgehead atoms. The molecule has 0 spiro atoms. The van der Waals surface area contributed by atoms with Gasteiger partial charge in [-0.05, 0) is 13.0 Å². The molecule has 2 rings (SSSR count). The Morgan fingerprint density at radius 2 is 1.95 bits per heavy atom. The summed E-state index contributed by atoms with van der Waals surface area (Å²) in [6.45, 7) is 3.06. The summed E-state index contributed by atoms with van der Waals surface area (Å²) in [4.78, 5) is 19.3. The van der Waals surface area contributed by atoms with Gasteiger partial charge in [-0.25, -0.2) is 9.97 Å². The van der Waals surface area contributed by atoms with Crippen molar-refractivity contribution in [3.63, 3.8) is 0 Å². The fourth-order valence-corrected chi connectivity index (χ4v) is 1.88. The van der Waals surface area contributed by atoms with E-state index in [0.717, 1.165) is 0 Å². The molecule has 1 aromatic carbocycles. The minimum Gasteiger partial charge on any atom is -0.493 e. The summed E-state index contributed by atoms with van der Waals surface area (Å²) >= 11 is 6.03. The lowest BCUT2D eigenvalue weighted by Gasteiger charge is -2.10. The van der Waals surface area contributed by atoms with E-state index in [1.54, 1.807) is 19.1 Å². The Hall–Kier alpha value is -1.59. The van der Waals surface area contributed by atoms with Crippen LogP contribution in [0.25, 0.3) is 10.9 Å². The molecular weight excluding hydrogens is 291 g/mol. The molecule has 19 heavy (non-hydrogen) atoms. The SMILES string of the molecule is COc1cc2nc(C)nc(Cl)c2cc1OC(C)=O.Cl. The largest absolute Gasteiger partial charge is 0.493 e. The molecule has 0 amide bonds. The van der Waals surface area contributed by atoms with Crippen molar-refractivity contribution in [2.45, 2.75) is 13.8 Å². The van der Waals surface area contributed by atoms with Crippen LogP contribution in [-0.2, 0) is 4.79 Å². The summed E-state index contributed by atoms with van der Waals surface area (Å²) in [6.07, 6.45) is 0. The first-order valence-corrected chi connectivity index (χ1v) is 5.59. The van der Waals surface area contributed by atoms with Crippen LogP contribution in [0.15, 0.2) is 12.1 Å². The van der Waals surface area contributed by atoms with Crippen LogP contribution >= 0.6 is 24.0 Å². The minimum absolute atomic E-state index is 0. The van der Waals surface area contributed by atoms with Crippen LogP contribution < -0.4 is 9.47 Å². The van der Waals surface area contributed by atoms with Gasteiger partial charge in [-0.2, -0.15) is 0 Å². The zero-order chi connectivity index (χ0) is 13.3. The van der Waals surface area contributed by atoms with E-state index < -0.39 is 5.97 Å². The summed E-state index contributed by atoms with van der Waals surface area (Å²) in [6, 6.07) is 3.26. The number of rotatable bonds is 2. The van der Waals surface area contributed by atoms with Crippen LogP contribution in [0.5, 0.6) is 11.5 Å². The third kappa shape index (κ3) is 3.24. The average Bonchev–Trinajstić information content (AvgIpc) is 2.28. The van der Waals surface area contributed by atoms with E-state index in [1.807, 2.05) is 0 Å². The number of carbonyl (C=O) groups excluding carboxylic acids is 1. The van der Waals surface area contributed by atoms with Gasteiger partial charge in [0.05, 0.1) is 12.6 Å². The van der Waals surface area contributed by atoms with Gasteiger partial charge in [-0.1, -0.05) is 11.6 Å². The van der Waals surface area contributed by atoms with E-state index in [9.17, 15) is 4.79 Å². The van der Waals surface area contributed by atoms with Gasteiger partial charge in [0.1, 0.15) is 11.0 Å². The van der Waals surface area contributed by atoms with Crippen LogP contribution in [0.3, 0.4) is 0 Å². The van der Waals surface area contributed by atoms with Gasteiger partial charge in [0.25, 0.3) is 0 Å². The highest BCUT2D eigenvalue weighted by Crippen LogP contribution is 2.34. The van der Waals surface area contributed by atoms with Crippen molar-refractivity contribution < 1.29 is 14.3 Å². The van der Waals surface area contributed by atoms with Crippen LogP contribution in [0.4, 0.5) is 0 Å². The molecule has 1 heterocycles. The normalized spacial score (nSPS) is 9.89. The predicted molar refractivity (Wildman–Crippen MR) is 74.4 cm³/mol. The Labute approximate surface area is 121 Å². The molecule has 0 fully saturated rings. The molecule has 1 aromatic heterocycles. The molecule has 0 aliphatic heterocycles. The van der Waals surface area contributed by atoms with E-state index in [0.29, 0.717) is 33.4 Å². The van der Waals surface area contributed by atoms with Crippen molar-refractivity contribution >= 4 is 40.9 Å². The highest BCUT2D eigenvalue weighted by atomic mass is 35.5. The molecule has 102 valence electrons. The molecule has 0 radical (unpaired) electrons. The van der Waals surface area contributed by atoms with Crippen molar-refractivity contribution in [2.75, 3.05) is 7.11 Å². The Bertz CT molecular complexity index is 632. The Morgan fingerprint density at radius 3 is 2.53 bits per heavy atom. The predicted octanol–water partition coefficient (Wildman–Crippen LogP) is 2.95. The van der Waals surface area contributed by atoms with Gasteiger partial charge < -0.3 is 9.47 Å².